The minimum Gasteiger partial charge on any atom is -0.455 e. The van der Waals surface area contributed by atoms with Gasteiger partial charge >= 0.3 is 5.97 Å². The molecule has 0 aliphatic heterocycles. The Morgan fingerprint density at radius 3 is 2.77 bits per heavy atom. The van der Waals surface area contributed by atoms with Crippen LogP contribution in [-0.4, -0.2) is 29.2 Å². The SMILES string of the molecule is COCCn1c(C)cc(/C=C(\C#N)C(=O)OCc2csc(-c3ccccc3)n2)c1C. The van der Waals surface area contributed by atoms with Crippen LogP contribution in [0.2, 0.25) is 0 Å². The number of carbonyl (C=O) groups excluding carboxylic acids is 1. The Balaban J connectivity index is 1.69. The largest absolute Gasteiger partial charge is 0.455 e. The van der Waals surface area contributed by atoms with Gasteiger partial charge in [-0.3, -0.25) is 0 Å². The van der Waals surface area contributed by atoms with Gasteiger partial charge in [0.15, 0.2) is 0 Å². The minimum absolute atomic E-state index is 0.0219. The van der Waals surface area contributed by atoms with Crippen molar-refractivity contribution < 1.29 is 14.3 Å². The predicted molar refractivity (Wildman–Crippen MR) is 117 cm³/mol. The van der Waals surface area contributed by atoms with Gasteiger partial charge in [0.1, 0.15) is 23.3 Å². The molecule has 3 aromatic rings. The van der Waals surface area contributed by atoms with E-state index in [0.717, 1.165) is 27.5 Å². The van der Waals surface area contributed by atoms with Crippen LogP contribution >= 0.6 is 11.3 Å². The Labute approximate surface area is 180 Å². The lowest BCUT2D eigenvalue weighted by Gasteiger charge is -2.08. The maximum absolute atomic E-state index is 12.4. The number of aryl methyl sites for hydroxylation is 1. The number of aromatic nitrogens is 2. The van der Waals surface area contributed by atoms with E-state index in [1.54, 1.807) is 13.2 Å². The number of ether oxygens (including phenoxy) is 2. The van der Waals surface area contributed by atoms with E-state index in [1.807, 2.05) is 61.7 Å². The lowest BCUT2D eigenvalue weighted by atomic mass is 10.1. The van der Waals surface area contributed by atoms with Crippen LogP contribution in [-0.2, 0) is 27.4 Å². The molecule has 6 nitrogen and oxygen atoms in total. The van der Waals surface area contributed by atoms with Gasteiger partial charge in [0.2, 0.25) is 0 Å². The van der Waals surface area contributed by atoms with Gasteiger partial charge in [0.05, 0.1) is 12.3 Å². The summed E-state index contributed by atoms with van der Waals surface area (Å²) in [5.41, 5.74) is 4.45. The van der Waals surface area contributed by atoms with Crippen molar-refractivity contribution in [2.75, 3.05) is 13.7 Å². The highest BCUT2D eigenvalue weighted by Gasteiger charge is 2.15. The summed E-state index contributed by atoms with van der Waals surface area (Å²) in [5.74, 6) is -0.659. The Kier molecular flexibility index (Phi) is 7.17. The van der Waals surface area contributed by atoms with Crippen LogP contribution in [0.25, 0.3) is 16.6 Å². The van der Waals surface area contributed by atoms with Gasteiger partial charge in [-0.2, -0.15) is 5.26 Å². The first-order chi connectivity index (χ1) is 14.5. The topological polar surface area (TPSA) is 77.1 Å². The molecule has 0 amide bonds. The fourth-order valence-corrected chi connectivity index (χ4v) is 3.91. The van der Waals surface area contributed by atoms with Crippen LogP contribution in [0.3, 0.4) is 0 Å². The van der Waals surface area contributed by atoms with Gasteiger partial charge in [0.25, 0.3) is 0 Å². The standard InChI is InChI=1S/C23H23N3O3S/c1-16-11-19(17(2)26(16)9-10-28-3)12-20(13-24)23(27)29-14-21-15-30-22(25-21)18-7-5-4-6-8-18/h4-8,11-12,15H,9-10,14H2,1-3H3/b20-12+. The summed E-state index contributed by atoms with van der Waals surface area (Å²) in [4.78, 5) is 16.9. The molecule has 0 saturated heterocycles. The Morgan fingerprint density at radius 2 is 2.07 bits per heavy atom. The van der Waals surface area contributed by atoms with Gasteiger partial charge in [-0.15, -0.1) is 11.3 Å². The Bertz CT molecular complexity index is 1090. The number of nitriles is 1. The molecule has 0 N–H and O–H groups in total. The zero-order chi connectivity index (χ0) is 21.5. The van der Waals surface area contributed by atoms with E-state index in [4.69, 9.17) is 9.47 Å². The number of hydrogen-bond donors (Lipinski definition) is 0. The minimum atomic E-state index is -0.659. The van der Waals surface area contributed by atoms with Gasteiger partial charge in [0, 0.05) is 36.0 Å². The second-order valence-electron chi connectivity index (χ2n) is 6.73. The van der Waals surface area contributed by atoms with Crippen molar-refractivity contribution in [1.82, 2.24) is 9.55 Å². The molecule has 0 saturated carbocycles. The maximum atomic E-state index is 12.4. The fourth-order valence-electron chi connectivity index (χ4n) is 3.10. The molecule has 0 atom stereocenters. The van der Waals surface area contributed by atoms with Crippen LogP contribution in [0.4, 0.5) is 0 Å². The molecule has 0 aliphatic carbocycles. The lowest BCUT2D eigenvalue weighted by molar-refractivity contribution is -0.139. The molecule has 0 spiro atoms. The highest BCUT2D eigenvalue weighted by molar-refractivity contribution is 7.13. The van der Waals surface area contributed by atoms with Gasteiger partial charge in [-0.1, -0.05) is 30.3 Å². The van der Waals surface area contributed by atoms with Gasteiger partial charge in [-0.05, 0) is 31.6 Å². The summed E-state index contributed by atoms with van der Waals surface area (Å²) in [5, 5.41) is 12.2. The average Bonchev–Trinajstić information content (AvgIpc) is 3.34. The molecule has 0 radical (unpaired) electrons. The van der Waals surface area contributed by atoms with Crippen molar-refractivity contribution >= 4 is 23.4 Å². The van der Waals surface area contributed by atoms with E-state index < -0.39 is 5.97 Å². The summed E-state index contributed by atoms with van der Waals surface area (Å²) in [7, 11) is 1.66. The number of rotatable bonds is 8. The Morgan fingerprint density at radius 1 is 1.30 bits per heavy atom. The molecule has 0 unspecified atom stereocenters. The first-order valence-electron chi connectivity index (χ1n) is 9.48. The summed E-state index contributed by atoms with van der Waals surface area (Å²) in [6, 6.07) is 13.7. The summed E-state index contributed by atoms with van der Waals surface area (Å²) in [6.07, 6.45) is 1.57. The molecule has 0 bridgehead atoms. The smallest absolute Gasteiger partial charge is 0.349 e. The number of carbonyl (C=O) groups is 1. The number of benzene rings is 1. The first kappa shape index (κ1) is 21.5. The number of nitrogens with zero attached hydrogens (tertiary/aromatic N) is 3. The summed E-state index contributed by atoms with van der Waals surface area (Å²) >= 11 is 1.49. The number of esters is 1. The molecule has 30 heavy (non-hydrogen) atoms. The highest BCUT2D eigenvalue weighted by Crippen LogP contribution is 2.24. The fraction of sp³-hybridized carbons (Fsp3) is 0.261. The van der Waals surface area contributed by atoms with Gasteiger partial charge in [-0.25, -0.2) is 9.78 Å². The zero-order valence-electron chi connectivity index (χ0n) is 17.2. The number of thiazole rings is 1. The molecule has 0 fully saturated rings. The number of hydrogen-bond acceptors (Lipinski definition) is 6. The van der Waals surface area contributed by atoms with Crippen LogP contribution in [0.5, 0.6) is 0 Å². The van der Waals surface area contributed by atoms with E-state index >= 15 is 0 Å². The lowest BCUT2D eigenvalue weighted by Crippen LogP contribution is -2.08. The monoisotopic (exact) mass is 421 g/mol. The predicted octanol–water partition coefficient (Wildman–Crippen LogP) is 4.53. The van der Waals surface area contributed by atoms with E-state index in [-0.39, 0.29) is 12.2 Å². The Hall–Kier alpha value is -3.21. The van der Waals surface area contributed by atoms with Crippen LogP contribution < -0.4 is 0 Å². The molecule has 2 heterocycles. The van der Waals surface area contributed by atoms with E-state index in [0.29, 0.717) is 18.8 Å². The summed E-state index contributed by atoms with van der Waals surface area (Å²) in [6.45, 7) is 5.26. The van der Waals surface area contributed by atoms with E-state index in [2.05, 4.69) is 9.55 Å². The molecular weight excluding hydrogens is 398 g/mol. The van der Waals surface area contributed by atoms with Crippen LogP contribution in [0.15, 0.2) is 47.4 Å². The quantitative estimate of drug-likeness (QED) is 0.303. The molecule has 7 heteroatoms. The zero-order valence-corrected chi connectivity index (χ0v) is 18.0. The highest BCUT2D eigenvalue weighted by atomic mass is 32.1. The van der Waals surface area contributed by atoms with Crippen molar-refractivity contribution in [3.05, 3.63) is 70.0 Å². The van der Waals surface area contributed by atoms with Gasteiger partial charge < -0.3 is 14.0 Å². The molecule has 0 aliphatic rings. The van der Waals surface area contributed by atoms with Crippen molar-refractivity contribution in [2.24, 2.45) is 0 Å². The normalized spacial score (nSPS) is 11.3. The van der Waals surface area contributed by atoms with E-state index in [1.165, 1.54) is 11.3 Å². The third-order valence-corrected chi connectivity index (χ3v) is 5.64. The van der Waals surface area contributed by atoms with Crippen molar-refractivity contribution in [1.29, 1.82) is 5.26 Å². The maximum Gasteiger partial charge on any atom is 0.349 e. The van der Waals surface area contributed by atoms with Crippen molar-refractivity contribution in [3.63, 3.8) is 0 Å². The van der Waals surface area contributed by atoms with Crippen molar-refractivity contribution in [2.45, 2.75) is 27.0 Å². The van der Waals surface area contributed by atoms with Crippen molar-refractivity contribution in [3.8, 4) is 16.6 Å². The molecular formula is C23H23N3O3S. The molecule has 1 aromatic carbocycles. The van der Waals surface area contributed by atoms with Crippen LogP contribution in [0, 0.1) is 25.2 Å². The van der Waals surface area contributed by atoms with Crippen LogP contribution in [0.1, 0.15) is 22.6 Å². The average molecular weight is 422 g/mol. The molecule has 2 aromatic heterocycles. The first-order valence-corrected chi connectivity index (χ1v) is 10.4. The summed E-state index contributed by atoms with van der Waals surface area (Å²) < 4.78 is 12.6. The molecule has 154 valence electrons. The second kappa shape index (κ2) is 10.0. The second-order valence-corrected chi connectivity index (χ2v) is 7.58. The number of methoxy groups -OCH3 is 1. The van der Waals surface area contributed by atoms with E-state index in [9.17, 15) is 10.1 Å². The molecule has 3 rings (SSSR count). The third-order valence-electron chi connectivity index (χ3n) is 4.70. The third kappa shape index (κ3) is 5.03.